The lowest BCUT2D eigenvalue weighted by Crippen LogP contribution is -2.06. The first kappa shape index (κ1) is 13.9. The highest BCUT2D eigenvalue weighted by atomic mass is 19.4. The molecule has 0 aliphatic heterocycles. The highest BCUT2D eigenvalue weighted by Crippen LogP contribution is 2.29. The maximum absolute atomic E-state index is 12.6. The number of carbonyl (C=O) groups is 1. The summed E-state index contributed by atoms with van der Waals surface area (Å²) >= 11 is 0. The Kier molecular flexibility index (Phi) is 3.29. The molecule has 2 aromatic carbocycles. The van der Waals surface area contributed by atoms with Gasteiger partial charge in [0.2, 0.25) is 0 Å². The van der Waals surface area contributed by atoms with E-state index in [-0.39, 0.29) is 5.56 Å². The number of rotatable bonds is 3. The molecule has 0 spiro atoms. The molecule has 3 rings (SSSR count). The molecular weight excluding hydrogens is 307 g/mol. The summed E-state index contributed by atoms with van der Waals surface area (Å²) in [6, 6.07) is 10.7. The van der Waals surface area contributed by atoms with Crippen LogP contribution in [0.25, 0.3) is 10.9 Å². The predicted octanol–water partition coefficient (Wildman–Crippen LogP) is 4.41. The van der Waals surface area contributed by atoms with Gasteiger partial charge in [-0.25, -0.2) is 4.79 Å². The van der Waals surface area contributed by atoms with Crippen molar-refractivity contribution in [2.24, 2.45) is 0 Å². The van der Waals surface area contributed by atoms with Crippen LogP contribution in [0, 0.1) is 0 Å². The Morgan fingerprint density at radius 2 is 1.83 bits per heavy atom. The Bertz CT molecular complexity index is 900. The van der Waals surface area contributed by atoms with Gasteiger partial charge in [0.1, 0.15) is 0 Å². The number of aromatic nitrogens is 1. The zero-order valence-electron chi connectivity index (χ0n) is 12.7. The average Bonchev–Trinajstić information content (AvgIpc) is 2.97. The van der Waals surface area contributed by atoms with Gasteiger partial charge in [0.25, 0.3) is 0 Å². The van der Waals surface area contributed by atoms with E-state index in [4.69, 9.17) is 1.37 Å². The number of carboxylic acid groups (broad SMARTS) is 1. The largest absolute Gasteiger partial charge is 0.478 e. The smallest absolute Gasteiger partial charge is 0.416 e. The summed E-state index contributed by atoms with van der Waals surface area (Å²) in [6.45, 7) is -1.05. The molecule has 1 N–H and O–H groups in total. The van der Waals surface area contributed by atoms with Gasteiger partial charge in [-0.15, -0.1) is 0 Å². The summed E-state index contributed by atoms with van der Waals surface area (Å²) in [5.41, 5.74) is -0.0470. The van der Waals surface area contributed by atoms with Crippen molar-refractivity contribution in [2.45, 2.75) is 12.7 Å². The van der Waals surface area contributed by atoms with E-state index in [1.54, 1.807) is 24.4 Å². The second-order valence-electron chi connectivity index (χ2n) is 5.02. The van der Waals surface area contributed by atoms with E-state index in [2.05, 4.69) is 0 Å². The second-order valence-corrected chi connectivity index (χ2v) is 5.02. The summed E-state index contributed by atoms with van der Waals surface area (Å²) in [5, 5.41) is 9.96. The minimum Gasteiger partial charge on any atom is -0.478 e. The van der Waals surface area contributed by atoms with Gasteiger partial charge in [0.05, 0.1) is 18.0 Å². The normalized spacial score (nSPS) is 13.8. The summed E-state index contributed by atoms with van der Waals surface area (Å²) in [7, 11) is 0. The molecule has 0 saturated carbocycles. The number of para-hydroxylation sites is 1. The van der Waals surface area contributed by atoms with Crippen molar-refractivity contribution in [3.05, 3.63) is 71.4 Å². The van der Waals surface area contributed by atoms with E-state index < -0.39 is 24.2 Å². The maximum Gasteiger partial charge on any atom is 0.416 e. The van der Waals surface area contributed by atoms with Crippen LogP contribution in [0.2, 0.25) is 0 Å². The van der Waals surface area contributed by atoms with E-state index in [9.17, 15) is 23.1 Å². The molecule has 0 amide bonds. The molecule has 0 bridgehead atoms. The number of carboxylic acids is 1. The van der Waals surface area contributed by atoms with Crippen molar-refractivity contribution >= 4 is 16.9 Å². The molecule has 6 heteroatoms. The van der Waals surface area contributed by atoms with Crippen LogP contribution in [0.5, 0.6) is 0 Å². The van der Waals surface area contributed by atoms with Gasteiger partial charge in [0, 0.05) is 18.1 Å². The second kappa shape index (κ2) is 5.46. The fraction of sp³-hybridized carbons (Fsp3) is 0.118. The van der Waals surface area contributed by atoms with Gasteiger partial charge >= 0.3 is 12.1 Å². The number of alkyl halides is 3. The molecule has 23 heavy (non-hydrogen) atoms. The van der Waals surface area contributed by atoms with Crippen LogP contribution in [-0.4, -0.2) is 15.6 Å². The number of fused-ring (bicyclic) bond motifs is 1. The van der Waals surface area contributed by atoms with Crippen LogP contribution < -0.4 is 0 Å². The minimum atomic E-state index is -4.44. The minimum absolute atomic E-state index is 0.0432. The fourth-order valence-electron chi connectivity index (χ4n) is 2.42. The van der Waals surface area contributed by atoms with E-state index in [1.165, 1.54) is 22.8 Å². The highest BCUT2D eigenvalue weighted by molar-refractivity contribution is 6.02. The molecule has 0 saturated heterocycles. The lowest BCUT2D eigenvalue weighted by atomic mass is 10.1. The molecule has 0 radical (unpaired) electrons. The van der Waals surface area contributed by atoms with Crippen LogP contribution in [0.1, 0.15) is 22.9 Å². The number of benzene rings is 2. The Balaban J connectivity index is 2.06. The van der Waals surface area contributed by atoms with Gasteiger partial charge in [-0.05, 0) is 29.8 Å². The van der Waals surface area contributed by atoms with Crippen molar-refractivity contribution in [2.75, 3.05) is 0 Å². The number of halogens is 3. The van der Waals surface area contributed by atoms with Crippen LogP contribution in [0.15, 0.2) is 54.7 Å². The molecule has 0 fully saturated rings. The van der Waals surface area contributed by atoms with Gasteiger partial charge in [0.15, 0.2) is 0 Å². The number of nitrogens with zero attached hydrogens (tertiary/aromatic N) is 1. The fourth-order valence-corrected chi connectivity index (χ4v) is 2.42. The monoisotopic (exact) mass is 320 g/mol. The van der Waals surface area contributed by atoms with Gasteiger partial charge in [-0.1, -0.05) is 24.3 Å². The van der Waals surface area contributed by atoms with Crippen LogP contribution in [-0.2, 0) is 12.7 Å². The Labute approximate surface area is 131 Å². The first-order valence-corrected chi connectivity index (χ1v) is 6.71. The first-order valence-electron chi connectivity index (χ1n) is 7.29. The molecule has 1 heterocycles. The van der Waals surface area contributed by atoms with Crippen molar-refractivity contribution in [1.82, 2.24) is 4.57 Å². The Morgan fingerprint density at radius 3 is 2.43 bits per heavy atom. The molecular formula is C17H12F3NO2. The standard InChI is InChI=1S/C17H12F3NO2/c18-17(19,20)13-6-4-11(5-7-13)10-21-9-8-12-2-1-3-14(15(12)21)16(22)23/h1-9H,10H2,(H,22,23)/i10D. The van der Waals surface area contributed by atoms with Crippen LogP contribution >= 0.6 is 0 Å². The van der Waals surface area contributed by atoms with Crippen LogP contribution in [0.4, 0.5) is 13.2 Å². The molecule has 3 aromatic rings. The zero-order valence-corrected chi connectivity index (χ0v) is 11.7. The average molecular weight is 320 g/mol. The topological polar surface area (TPSA) is 42.2 Å². The summed E-state index contributed by atoms with van der Waals surface area (Å²) in [6.07, 6.45) is -2.88. The highest BCUT2D eigenvalue weighted by Gasteiger charge is 2.29. The number of hydrogen-bond donors (Lipinski definition) is 1. The van der Waals surface area contributed by atoms with Crippen molar-refractivity contribution in [3.63, 3.8) is 0 Å². The zero-order chi connectivity index (χ0) is 17.5. The SMILES string of the molecule is [2H]C(c1ccc(C(F)(F)F)cc1)n1ccc2cccc(C(=O)O)c21. The number of hydrogen-bond acceptors (Lipinski definition) is 1. The van der Waals surface area contributed by atoms with Crippen molar-refractivity contribution in [3.8, 4) is 0 Å². The molecule has 0 aliphatic carbocycles. The van der Waals surface area contributed by atoms with Gasteiger partial charge < -0.3 is 9.67 Å². The third-order valence-corrected chi connectivity index (χ3v) is 3.50. The summed E-state index contributed by atoms with van der Waals surface area (Å²) in [4.78, 5) is 11.4. The van der Waals surface area contributed by atoms with Gasteiger partial charge in [-0.2, -0.15) is 13.2 Å². The Morgan fingerprint density at radius 1 is 1.13 bits per heavy atom. The third-order valence-electron chi connectivity index (χ3n) is 3.50. The molecule has 1 atom stereocenters. The lowest BCUT2D eigenvalue weighted by Gasteiger charge is -2.10. The van der Waals surface area contributed by atoms with Crippen LogP contribution in [0.3, 0.4) is 0 Å². The molecule has 0 aliphatic rings. The van der Waals surface area contributed by atoms with Crippen molar-refractivity contribution < 1.29 is 24.4 Å². The van der Waals surface area contributed by atoms with E-state index in [1.807, 2.05) is 0 Å². The third kappa shape index (κ3) is 2.92. The van der Waals surface area contributed by atoms with Crippen molar-refractivity contribution in [1.29, 1.82) is 0 Å². The molecule has 3 nitrogen and oxygen atoms in total. The first-order chi connectivity index (χ1) is 11.3. The maximum atomic E-state index is 12.6. The molecule has 118 valence electrons. The summed E-state index contributed by atoms with van der Waals surface area (Å²) in [5.74, 6) is -1.12. The molecule has 1 aromatic heterocycles. The Hall–Kier alpha value is -2.76. The quantitative estimate of drug-likeness (QED) is 0.777. The lowest BCUT2D eigenvalue weighted by molar-refractivity contribution is -0.137. The van der Waals surface area contributed by atoms with E-state index >= 15 is 0 Å². The molecule has 1 unspecified atom stereocenters. The number of aromatic carboxylic acids is 1. The predicted molar refractivity (Wildman–Crippen MR) is 79.4 cm³/mol. The summed E-state index contributed by atoms with van der Waals surface area (Å²) < 4.78 is 47.6. The van der Waals surface area contributed by atoms with E-state index in [0.29, 0.717) is 16.5 Å². The van der Waals surface area contributed by atoms with E-state index in [0.717, 1.165) is 12.1 Å². The van der Waals surface area contributed by atoms with Gasteiger partial charge in [-0.3, -0.25) is 0 Å².